The van der Waals surface area contributed by atoms with E-state index < -0.39 is 0 Å². The smallest absolute Gasteiger partial charge is 0.136 e. The molecule has 3 heterocycles. The first-order chi connectivity index (χ1) is 8.72. The summed E-state index contributed by atoms with van der Waals surface area (Å²) in [4.78, 5) is 16.9. The van der Waals surface area contributed by atoms with Crippen LogP contribution in [0.2, 0.25) is 0 Å². The van der Waals surface area contributed by atoms with Crippen molar-refractivity contribution in [2.24, 2.45) is 5.92 Å². The molecule has 3 atom stereocenters. The number of ketones is 1. The average Bonchev–Trinajstić information content (AvgIpc) is 2.88. The van der Waals surface area contributed by atoms with Crippen LogP contribution in [0.3, 0.4) is 0 Å². The summed E-state index contributed by atoms with van der Waals surface area (Å²) in [6.07, 6.45) is 6.94. The molecule has 3 heteroatoms. The minimum Gasteiger partial charge on any atom is -0.303 e. The molecule has 3 unspecified atom stereocenters. The normalized spacial score (nSPS) is 35.3. The van der Waals surface area contributed by atoms with Crippen molar-refractivity contribution in [3.63, 3.8) is 0 Å². The van der Waals surface area contributed by atoms with Crippen LogP contribution in [0.25, 0.3) is 0 Å². The van der Waals surface area contributed by atoms with Gasteiger partial charge in [-0.05, 0) is 44.7 Å². The molecule has 3 aliphatic heterocycles. The number of carbonyl (C=O) groups excluding carboxylic acids is 1. The Bertz CT molecular complexity index is 296. The zero-order valence-corrected chi connectivity index (χ0v) is 11.6. The molecule has 3 saturated heterocycles. The highest BCUT2D eigenvalue weighted by molar-refractivity contribution is 5.80. The molecular weight excluding hydrogens is 224 g/mol. The van der Waals surface area contributed by atoms with Crippen molar-refractivity contribution in [3.8, 4) is 0 Å². The SMILES string of the molecule is CC(CN1CCCC1)CN1C2CCC1CC(=O)C2. The van der Waals surface area contributed by atoms with Crippen LogP contribution in [0.4, 0.5) is 0 Å². The van der Waals surface area contributed by atoms with E-state index in [0.717, 1.165) is 18.8 Å². The monoisotopic (exact) mass is 250 g/mol. The van der Waals surface area contributed by atoms with E-state index >= 15 is 0 Å². The van der Waals surface area contributed by atoms with Gasteiger partial charge in [-0.3, -0.25) is 9.69 Å². The number of fused-ring (bicyclic) bond motifs is 2. The number of rotatable bonds is 4. The maximum absolute atomic E-state index is 11.6. The van der Waals surface area contributed by atoms with Gasteiger partial charge >= 0.3 is 0 Å². The van der Waals surface area contributed by atoms with Crippen LogP contribution in [0.1, 0.15) is 45.4 Å². The predicted molar refractivity (Wildman–Crippen MR) is 72.6 cm³/mol. The number of hydrogen-bond acceptors (Lipinski definition) is 3. The van der Waals surface area contributed by atoms with Crippen LogP contribution in [0.5, 0.6) is 0 Å². The molecule has 0 aromatic carbocycles. The molecule has 0 amide bonds. The molecule has 18 heavy (non-hydrogen) atoms. The summed E-state index contributed by atoms with van der Waals surface area (Å²) in [6.45, 7) is 7.45. The molecule has 0 spiro atoms. The first kappa shape index (κ1) is 12.6. The van der Waals surface area contributed by atoms with E-state index in [1.54, 1.807) is 0 Å². The van der Waals surface area contributed by atoms with Gasteiger partial charge in [0.25, 0.3) is 0 Å². The van der Waals surface area contributed by atoms with Gasteiger partial charge in [0.1, 0.15) is 5.78 Å². The van der Waals surface area contributed by atoms with Crippen molar-refractivity contribution in [3.05, 3.63) is 0 Å². The van der Waals surface area contributed by atoms with Gasteiger partial charge in [-0.15, -0.1) is 0 Å². The van der Waals surface area contributed by atoms with Crippen molar-refractivity contribution in [1.29, 1.82) is 0 Å². The van der Waals surface area contributed by atoms with Gasteiger partial charge in [-0.2, -0.15) is 0 Å². The summed E-state index contributed by atoms with van der Waals surface area (Å²) >= 11 is 0. The van der Waals surface area contributed by atoms with E-state index in [4.69, 9.17) is 0 Å². The van der Waals surface area contributed by atoms with E-state index in [1.165, 1.54) is 51.9 Å². The highest BCUT2D eigenvalue weighted by Crippen LogP contribution is 2.34. The Labute approximate surface area is 111 Å². The van der Waals surface area contributed by atoms with E-state index in [2.05, 4.69) is 16.7 Å². The zero-order valence-electron chi connectivity index (χ0n) is 11.6. The maximum Gasteiger partial charge on any atom is 0.136 e. The van der Waals surface area contributed by atoms with Gasteiger partial charge in [0, 0.05) is 38.0 Å². The molecule has 3 fully saturated rings. The summed E-state index contributed by atoms with van der Waals surface area (Å²) < 4.78 is 0. The van der Waals surface area contributed by atoms with Gasteiger partial charge in [0.15, 0.2) is 0 Å². The molecule has 3 nitrogen and oxygen atoms in total. The highest BCUT2D eigenvalue weighted by atomic mass is 16.1. The number of Topliss-reactive ketones (excluding diaryl/α,β-unsaturated/α-hetero) is 1. The van der Waals surface area contributed by atoms with Gasteiger partial charge < -0.3 is 4.90 Å². The molecule has 102 valence electrons. The third kappa shape index (κ3) is 2.62. The molecule has 0 N–H and O–H groups in total. The molecule has 0 saturated carbocycles. The van der Waals surface area contributed by atoms with Crippen molar-refractivity contribution < 1.29 is 4.79 Å². The summed E-state index contributed by atoms with van der Waals surface area (Å²) in [6, 6.07) is 1.16. The fraction of sp³-hybridized carbons (Fsp3) is 0.933. The lowest BCUT2D eigenvalue weighted by Crippen LogP contribution is -2.46. The van der Waals surface area contributed by atoms with Gasteiger partial charge in [0.2, 0.25) is 0 Å². The number of hydrogen-bond donors (Lipinski definition) is 0. The highest BCUT2D eigenvalue weighted by Gasteiger charge is 2.40. The second kappa shape index (κ2) is 5.30. The molecule has 0 aromatic heterocycles. The number of likely N-dealkylation sites (tertiary alicyclic amines) is 1. The lowest BCUT2D eigenvalue weighted by molar-refractivity contribution is -0.123. The van der Waals surface area contributed by atoms with Crippen LogP contribution in [0.15, 0.2) is 0 Å². The topological polar surface area (TPSA) is 23.6 Å². The third-order valence-corrected chi connectivity index (χ3v) is 4.99. The van der Waals surface area contributed by atoms with E-state index in [1.807, 2.05) is 0 Å². The number of nitrogens with zero attached hydrogens (tertiary/aromatic N) is 2. The van der Waals surface area contributed by atoms with Gasteiger partial charge in [-0.1, -0.05) is 6.92 Å². The largest absolute Gasteiger partial charge is 0.303 e. The van der Waals surface area contributed by atoms with Crippen LogP contribution in [-0.4, -0.2) is 53.8 Å². The lowest BCUT2D eigenvalue weighted by atomic mass is 9.99. The Morgan fingerprint density at radius 1 is 1.11 bits per heavy atom. The first-order valence-corrected chi connectivity index (χ1v) is 7.72. The van der Waals surface area contributed by atoms with E-state index in [9.17, 15) is 4.79 Å². The van der Waals surface area contributed by atoms with Crippen molar-refractivity contribution >= 4 is 5.78 Å². The molecular formula is C15H26N2O. The second-order valence-corrected chi connectivity index (χ2v) is 6.64. The Hall–Kier alpha value is -0.410. The Morgan fingerprint density at radius 3 is 2.33 bits per heavy atom. The fourth-order valence-corrected chi connectivity index (χ4v) is 4.18. The zero-order chi connectivity index (χ0) is 12.5. The maximum atomic E-state index is 11.6. The summed E-state index contributed by atoms with van der Waals surface area (Å²) in [7, 11) is 0. The standard InChI is InChI=1S/C15H26N2O/c1-12(10-16-6-2-3-7-16)11-17-13-4-5-14(17)9-15(18)8-13/h12-14H,2-11H2,1H3. The summed E-state index contributed by atoms with van der Waals surface area (Å²) in [5.41, 5.74) is 0. The van der Waals surface area contributed by atoms with E-state index in [-0.39, 0.29) is 0 Å². The molecule has 3 rings (SSSR count). The van der Waals surface area contributed by atoms with Crippen molar-refractivity contribution in [2.75, 3.05) is 26.2 Å². The minimum atomic E-state index is 0.506. The second-order valence-electron chi connectivity index (χ2n) is 6.64. The molecule has 2 bridgehead atoms. The summed E-state index contributed by atoms with van der Waals surface area (Å²) in [5.74, 6) is 1.25. The minimum absolute atomic E-state index is 0.506. The van der Waals surface area contributed by atoms with Gasteiger partial charge in [0.05, 0.1) is 0 Å². The van der Waals surface area contributed by atoms with Crippen molar-refractivity contribution in [1.82, 2.24) is 9.80 Å². The average molecular weight is 250 g/mol. The first-order valence-electron chi connectivity index (χ1n) is 7.72. The third-order valence-electron chi connectivity index (χ3n) is 4.99. The van der Waals surface area contributed by atoms with Gasteiger partial charge in [-0.25, -0.2) is 0 Å². The lowest BCUT2D eigenvalue weighted by Gasteiger charge is -2.36. The predicted octanol–water partition coefficient (Wildman–Crippen LogP) is 1.91. The summed E-state index contributed by atoms with van der Waals surface area (Å²) in [5, 5.41) is 0. The van der Waals surface area contributed by atoms with E-state index in [0.29, 0.717) is 17.9 Å². The Balaban J connectivity index is 1.51. The number of piperidine rings is 1. The van der Waals surface area contributed by atoms with Crippen LogP contribution in [-0.2, 0) is 4.79 Å². The molecule has 0 aromatic rings. The molecule has 3 aliphatic rings. The Morgan fingerprint density at radius 2 is 1.72 bits per heavy atom. The quantitative estimate of drug-likeness (QED) is 0.761. The number of carbonyl (C=O) groups is 1. The van der Waals surface area contributed by atoms with Crippen LogP contribution in [0, 0.1) is 5.92 Å². The fourth-order valence-electron chi connectivity index (χ4n) is 4.18. The Kier molecular flexibility index (Phi) is 3.71. The molecule has 0 aliphatic carbocycles. The van der Waals surface area contributed by atoms with Crippen LogP contribution < -0.4 is 0 Å². The van der Waals surface area contributed by atoms with Crippen LogP contribution >= 0.6 is 0 Å². The molecule has 0 radical (unpaired) electrons. The van der Waals surface area contributed by atoms with Crippen molar-refractivity contribution in [2.45, 2.75) is 57.5 Å².